The fourth-order valence-corrected chi connectivity index (χ4v) is 1.78. The highest BCUT2D eigenvalue weighted by atomic mass is 14.8. The molecule has 1 atom stereocenters. The monoisotopic (exact) mass is 136 g/mol. The number of hydrogen-bond donors (Lipinski definition) is 1. The van der Waals surface area contributed by atoms with Gasteiger partial charge in [-0.1, -0.05) is 0 Å². The Balaban J connectivity index is 2.34. The summed E-state index contributed by atoms with van der Waals surface area (Å²) in [6, 6.07) is 0.316. The van der Waals surface area contributed by atoms with E-state index in [2.05, 4.69) is 11.9 Å². The van der Waals surface area contributed by atoms with Gasteiger partial charge in [0.1, 0.15) is 0 Å². The number of aliphatic imine (C=N–C) groups is 1. The summed E-state index contributed by atoms with van der Waals surface area (Å²) >= 11 is 0. The third-order valence-corrected chi connectivity index (χ3v) is 2.46. The van der Waals surface area contributed by atoms with Gasteiger partial charge in [0, 0.05) is 11.8 Å². The first-order valence-electron chi connectivity index (χ1n) is 3.78. The molecule has 0 radical (unpaired) electrons. The highest BCUT2D eigenvalue weighted by Crippen LogP contribution is 2.30. The van der Waals surface area contributed by atoms with Crippen LogP contribution in [0.2, 0.25) is 0 Å². The van der Waals surface area contributed by atoms with Gasteiger partial charge < -0.3 is 5.73 Å². The lowest BCUT2D eigenvalue weighted by molar-refractivity contribution is 0.737. The molecule has 1 heterocycles. The van der Waals surface area contributed by atoms with Gasteiger partial charge in [-0.2, -0.15) is 0 Å². The van der Waals surface area contributed by atoms with Crippen molar-refractivity contribution < 1.29 is 0 Å². The van der Waals surface area contributed by atoms with Crippen molar-refractivity contribution in [3.05, 3.63) is 11.1 Å². The normalized spacial score (nSPS) is 31.0. The molecular formula is C8H12N2. The van der Waals surface area contributed by atoms with Crippen LogP contribution in [0.5, 0.6) is 0 Å². The van der Waals surface area contributed by atoms with Crippen molar-refractivity contribution in [3.63, 3.8) is 0 Å². The standard InChI is InChI=1S/C8H12N2/c1-5-6-2-3-8(9)7(6)4-10-5/h8H,2-4,9H2,1H3/t8-/m0/s1. The van der Waals surface area contributed by atoms with Crippen LogP contribution in [-0.4, -0.2) is 18.3 Å². The van der Waals surface area contributed by atoms with Crippen LogP contribution < -0.4 is 5.73 Å². The minimum Gasteiger partial charge on any atom is -0.324 e. The Hall–Kier alpha value is -0.630. The Morgan fingerprint density at radius 1 is 1.60 bits per heavy atom. The smallest absolute Gasteiger partial charge is 0.0624 e. The fourth-order valence-electron chi connectivity index (χ4n) is 1.78. The molecule has 1 aliphatic carbocycles. The van der Waals surface area contributed by atoms with Gasteiger partial charge in [-0.15, -0.1) is 0 Å². The Labute approximate surface area is 60.8 Å². The van der Waals surface area contributed by atoms with Crippen LogP contribution in [0.1, 0.15) is 19.8 Å². The third kappa shape index (κ3) is 0.655. The molecule has 0 aromatic rings. The zero-order valence-corrected chi connectivity index (χ0v) is 6.22. The molecule has 10 heavy (non-hydrogen) atoms. The van der Waals surface area contributed by atoms with Crippen LogP contribution >= 0.6 is 0 Å². The summed E-state index contributed by atoms with van der Waals surface area (Å²) < 4.78 is 0. The minimum absolute atomic E-state index is 0.316. The molecule has 0 aromatic heterocycles. The summed E-state index contributed by atoms with van der Waals surface area (Å²) in [6.07, 6.45) is 2.30. The van der Waals surface area contributed by atoms with Gasteiger partial charge in [0.25, 0.3) is 0 Å². The van der Waals surface area contributed by atoms with Crippen molar-refractivity contribution in [1.29, 1.82) is 0 Å². The van der Waals surface area contributed by atoms with E-state index < -0.39 is 0 Å². The maximum Gasteiger partial charge on any atom is 0.0624 e. The molecule has 2 heteroatoms. The maximum absolute atomic E-state index is 5.85. The van der Waals surface area contributed by atoms with E-state index >= 15 is 0 Å². The summed E-state index contributed by atoms with van der Waals surface area (Å²) in [5, 5.41) is 0. The number of rotatable bonds is 0. The molecule has 2 nitrogen and oxygen atoms in total. The molecular weight excluding hydrogens is 124 g/mol. The largest absolute Gasteiger partial charge is 0.324 e. The highest BCUT2D eigenvalue weighted by molar-refractivity contribution is 6.01. The van der Waals surface area contributed by atoms with Crippen molar-refractivity contribution in [2.24, 2.45) is 10.7 Å². The summed E-state index contributed by atoms with van der Waals surface area (Å²) in [4.78, 5) is 4.33. The second kappa shape index (κ2) is 1.92. The minimum atomic E-state index is 0.316. The van der Waals surface area contributed by atoms with Gasteiger partial charge in [0.15, 0.2) is 0 Å². The van der Waals surface area contributed by atoms with Crippen molar-refractivity contribution in [1.82, 2.24) is 0 Å². The lowest BCUT2D eigenvalue weighted by atomic mass is 10.1. The van der Waals surface area contributed by atoms with Crippen LogP contribution in [-0.2, 0) is 0 Å². The van der Waals surface area contributed by atoms with Gasteiger partial charge >= 0.3 is 0 Å². The van der Waals surface area contributed by atoms with Crippen molar-refractivity contribution in [3.8, 4) is 0 Å². The predicted molar refractivity (Wildman–Crippen MR) is 42.2 cm³/mol. The molecule has 0 fully saturated rings. The van der Waals surface area contributed by atoms with E-state index in [0.29, 0.717) is 6.04 Å². The Kier molecular flexibility index (Phi) is 1.17. The third-order valence-electron chi connectivity index (χ3n) is 2.46. The van der Waals surface area contributed by atoms with Crippen molar-refractivity contribution >= 4 is 5.71 Å². The maximum atomic E-state index is 5.85. The van der Waals surface area contributed by atoms with Crippen LogP contribution in [0, 0.1) is 0 Å². The first-order chi connectivity index (χ1) is 4.79. The van der Waals surface area contributed by atoms with Crippen LogP contribution in [0.3, 0.4) is 0 Å². The SMILES string of the molecule is CC1=NCC2=C1CC[C@@H]2N. The summed E-state index contributed by atoms with van der Waals surface area (Å²) in [7, 11) is 0. The van der Waals surface area contributed by atoms with Crippen molar-refractivity contribution in [2.45, 2.75) is 25.8 Å². The topological polar surface area (TPSA) is 38.4 Å². The van der Waals surface area contributed by atoms with Crippen LogP contribution in [0.25, 0.3) is 0 Å². The van der Waals surface area contributed by atoms with Gasteiger partial charge in [-0.05, 0) is 30.9 Å². The second-order valence-electron chi connectivity index (χ2n) is 3.05. The van der Waals surface area contributed by atoms with E-state index in [1.165, 1.54) is 16.9 Å². The first-order valence-corrected chi connectivity index (χ1v) is 3.78. The highest BCUT2D eigenvalue weighted by Gasteiger charge is 2.26. The summed E-state index contributed by atoms with van der Waals surface area (Å²) in [6.45, 7) is 2.96. The van der Waals surface area contributed by atoms with E-state index in [1.54, 1.807) is 0 Å². The van der Waals surface area contributed by atoms with E-state index in [-0.39, 0.29) is 0 Å². The van der Waals surface area contributed by atoms with Crippen molar-refractivity contribution in [2.75, 3.05) is 6.54 Å². The fraction of sp³-hybridized carbons (Fsp3) is 0.625. The Bertz CT molecular complexity index is 225. The number of hydrogen-bond acceptors (Lipinski definition) is 2. The van der Waals surface area contributed by atoms with Crippen LogP contribution in [0.15, 0.2) is 16.1 Å². The average Bonchev–Trinajstić information content (AvgIpc) is 2.41. The lowest BCUT2D eigenvalue weighted by Crippen LogP contribution is -2.19. The van der Waals surface area contributed by atoms with E-state index in [1.807, 2.05) is 0 Å². The Morgan fingerprint density at radius 3 is 3.10 bits per heavy atom. The molecule has 0 saturated heterocycles. The predicted octanol–water partition coefficient (Wildman–Crippen LogP) is 0.879. The average molecular weight is 136 g/mol. The molecule has 54 valence electrons. The van der Waals surface area contributed by atoms with Crippen LogP contribution in [0.4, 0.5) is 0 Å². The molecule has 0 spiro atoms. The molecule has 1 aliphatic heterocycles. The quantitative estimate of drug-likeness (QED) is 0.527. The zero-order valence-electron chi connectivity index (χ0n) is 6.22. The van der Waals surface area contributed by atoms with Gasteiger partial charge in [0.05, 0.1) is 6.54 Å². The second-order valence-corrected chi connectivity index (χ2v) is 3.05. The zero-order chi connectivity index (χ0) is 7.14. The molecule has 2 N–H and O–H groups in total. The summed E-state index contributed by atoms with van der Waals surface area (Å²) in [5.74, 6) is 0. The molecule has 0 amide bonds. The van der Waals surface area contributed by atoms with E-state index in [9.17, 15) is 0 Å². The lowest BCUT2D eigenvalue weighted by Gasteiger charge is -2.02. The molecule has 0 bridgehead atoms. The summed E-state index contributed by atoms with van der Waals surface area (Å²) in [5.41, 5.74) is 9.93. The first kappa shape index (κ1) is 6.10. The Morgan fingerprint density at radius 2 is 2.40 bits per heavy atom. The molecule has 2 aliphatic rings. The van der Waals surface area contributed by atoms with Gasteiger partial charge in [0.2, 0.25) is 0 Å². The number of nitrogens with two attached hydrogens (primary N) is 1. The molecule has 0 saturated carbocycles. The van der Waals surface area contributed by atoms with Gasteiger partial charge in [-0.3, -0.25) is 4.99 Å². The molecule has 0 unspecified atom stereocenters. The number of allylic oxidation sites excluding steroid dienone is 1. The van der Waals surface area contributed by atoms with E-state index in [4.69, 9.17) is 5.73 Å². The van der Waals surface area contributed by atoms with E-state index in [0.717, 1.165) is 19.4 Å². The van der Waals surface area contributed by atoms with Gasteiger partial charge in [-0.25, -0.2) is 0 Å². The molecule has 2 rings (SSSR count). The number of nitrogens with zero attached hydrogens (tertiary/aromatic N) is 1. The molecule has 0 aromatic carbocycles.